The molecule has 0 amide bonds. The van der Waals surface area contributed by atoms with Crippen LogP contribution in [0, 0.1) is 0 Å². The van der Waals surface area contributed by atoms with Crippen molar-refractivity contribution in [3.05, 3.63) is 41.0 Å². The van der Waals surface area contributed by atoms with Crippen molar-refractivity contribution < 1.29 is 9.53 Å². The van der Waals surface area contributed by atoms with Gasteiger partial charge in [-0.15, -0.1) is 11.3 Å². The molecule has 0 aliphatic rings. The van der Waals surface area contributed by atoms with Gasteiger partial charge in [0.2, 0.25) is 0 Å². The highest BCUT2D eigenvalue weighted by atomic mass is 35.5. The number of fused-ring (bicyclic) bond motifs is 1. The number of nitrogens with zero attached hydrogens (tertiary/aromatic N) is 2. The molecular formula is C17H15ClN2O2S2. The maximum Gasteiger partial charge on any atom is 0.319 e. The van der Waals surface area contributed by atoms with Gasteiger partial charge in [-0.05, 0) is 31.5 Å². The van der Waals surface area contributed by atoms with Crippen LogP contribution in [0.1, 0.15) is 13.8 Å². The van der Waals surface area contributed by atoms with E-state index in [9.17, 15) is 4.79 Å². The minimum atomic E-state index is -0.332. The van der Waals surface area contributed by atoms with Crippen molar-refractivity contribution in [2.24, 2.45) is 0 Å². The Morgan fingerprint density at radius 2 is 2.08 bits per heavy atom. The predicted octanol–water partition coefficient (Wildman–Crippen LogP) is 5.06. The fraction of sp³-hybridized carbons (Fsp3) is 0.235. The maximum atomic E-state index is 11.9. The summed E-state index contributed by atoms with van der Waals surface area (Å²) < 4.78 is 5.08. The zero-order valence-corrected chi connectivity index (χ0v) is 15.5. The van der Waals surface area contributed by atoms with E-state index >= 15 is 0 Å². The summed E-state index contributed by atoms with van der Waals surface area (Å²) in [6, 6.07) is 7.66. The summed E-state index contributed by atoms with van der Waals surface area (Å²) in [5.41, 5.74) is 2.09. The van der Waals surface area contributed by atoms with Gasteiger partial charge in [0.05, 0.1) is 12.0 Å². The number of rotatable bonds is 5. The summed E-state index contributed by atoms with van der Waals surface area (Å²) >= 11 is 8.93. The van der Waals surface area contributed by atoms with Crippen LogP contribution < -0.4 is 0 Å². The topological polar surface area (TPSA) is 52.1 Å². The van der Waals surface area contributed by atoms with Gasteiger partial charge in [-0.25, -0.2) is 9.97 Å². The number of benzene rings is 1. The first-order valence-electron chi connectivity index (χ1n) is 7.41. The summed E-state index contributed by atoms with van der Waals surface area (Å²) in [6.45, 7) is 4.00. The van der Waals surface area contributed by atoms with E-state index in [4.69, 9.17) is 16.3 Å². The number of thioether (sulfide) groups is 1. The highest BCUT2D eigenvalue weighted by Gasteiger charge is 2.20. The standard InChI is InChI=1S/C17H15ClN2O2S2/c1-3-22-17(21)10(2)24-16-14-13(8-23-15(14)19-9-20-16)11-4-6-12(18)7-5-11/h4-10H,3H2,1-2H3. The molecule has 3 rings (SSSR count). The smallest absolute Gasteiger partial charge is 0.319 e. The lowest BCUT2D eigenvalue weighted by Gasteiger charge is -2.11. The van der Waals surface area contributed by atoms with Crippen molar-refractivity contribution in [3.8, 4) is 11.1 Å². The zero-order valence-electron chi connectivity index (χ0n) is 13.2. The van der Waals surface area contributed by atoms with Gasteiger partial charge in [0.15, 0.2) is 0 Å². The Morgan fingerprint density at radius 3 is 2.79 bits per heavy atom. The zero-order chi connectivity index (χ0) is 17.1. The lowest BCUT2D eigenvalue weighted by molar-refractivity contribution is -0.142. The van der Waals surface area contributed by atoms with Gasteiger partial charge in [0.1, 0.15) is 21.4 Å². The van der Waals surface area contributed by atoms with Gasteiger partial charge < -0.3 is 4.74 Å². The van der Waals surface area contributed by atoms with Crippen LogP contribution in [0.5, 0.6) is 0 Å². The Balaban J connectivity index is 2.01. The van der Waals surface area contributed by atoms with Crippen molar-refractivity contribution in [3.63, 3.8) is 0 Å². The number of esters is 1. The molecule has 4 nitrogen and oxygen atoms in total. The molecule has 124 valence electrons. The highest BCUT2D eigenvalue weighted by molar-refractivity contribution is 8.00. The molecule has 0 saturated carbocycles. The molecule has 3 aromatic rings. The van der Waals surface area contributed by atoms with E-state index < -0.39 is 0 Å². The molecule has 0 aliphatic carbocycles. The SMILES string of the molecule is CCOC(=O)C(C)Sc1ncnc2scc(-c3ccc(Cl)cc3)c12. The molecule has 24 heavy (non-hydrogen) atoms. The molecule has 1 unspecified atom stereocenters. The van der Waals surface area contributed by atoms with Crippen molar-refractivity contribution in [2.45, 2.75) is 24.1 Å². The fourth-order valence-electron chi connectivity index (χ4n) is 2.25. The Hall–Kier alpha value is -1.63. The lowest BCUT2D eigenvalue weighted by atomic mass is 10.1. The van der Waals surface area contributed by atoms with E-state index in [1.54, 1.807) is 18.3 Å². The summed E-state index contributed by atoms with van der Waals surface area (Å²) in [4.78, 5) is 21.5. The van der Waals surface area contributed by atoms with Crippen LogP contribution in [0.4, 0.5) is 0 Å². The van der Waals surface area contributed by atoms with Gasteiger partial charge in [-0.1, -0.05) is 35.5 Å². The van der Waals surface area contributed by atoms with Crippen molar-refractivity contribution in [1.29, 1.82) is 0 Å². The second-order valence-electron chi connectivity index (χ2n) is 5.03. The third-order valence-corrected chi connectivity index (χ3v) is 5.61. The maximum absolute atomic E-state index is 11.9. The van der Waals surface area contributed by atoms with Crippen LogP contribution in [-0.2, 0) is 9.53 Å². The number of hydrogen-bond acceptors (Lipinski definition) is 6. The monoisotopic (exact) mass is 378 g/mol. The fourth-order valence-corrected chi connectivity index (χ4v) is 4.29. The van der Waals surface area contributed by atoms with Crippen LogP contribution in [0.25, 0.3) is 21.3 Å². The van der Waals surface area contributed by atoms with Gasteiger partial charge in [0, 0.05) is 16.0 Å². The Morgan fingerprint density at radius 1 is 1.33 bits per heavy atom. The van der Waals surface area contributed by atoms with Gasteiger partial charge in [-0.3, -0.25) is 4.79 Å². The molecule has 0 radical (unpaired) electrons. The molecule has 0 saturated heterocycles. The molecule has 2 aromatic heterocycles. The highest BCUT2D eigenvalue weighted by Crippen LogP contribution is 2.39. The van der Waals surface area contributed by atoms with E-state index in [-0.39, 0.29) is 11.2 Å². The quantitative estimate of drug-likeness (QED) is 0.353. The molecule has 0 spiro atoms. The molecule has 0 aliphatic heterocycles. The predicted molar refractivity (Wildman–Crippen MR) is 99.8 cm³/mol. The lowest BCUT2D eigenvalue weighted by Crippen LogP contribution is -2.16. The van der Waals surface area contributed by atoms with E-state index in [0.717, 1.165) is 26.4 Å². The number of aromatic nitrogens is 2. The van der Waals surface area contributed by atoms with Crippen molar-refractivity contribution >= 4 is 50.9 Å². The molecule has 2 heterocycles. The first-order chi connectivity index (χ1) is 11.6. The Labute approximate surface area is 153 Å². The summed E-state index contributed by atoms with van der Waals surface area (Å²) in [5, 5.41) is 4.17. The first-order valence-corrected chi connectivity index (χ1v) is 9.55. The number of carbonyl (C=O) groups excluding carboxylic acids is 1. The van der Waals surface area contributed by atoms with E-state index in [1.807, 2.05) is 31.2 Å². The van der Waals surface area contributed by atoms with Gasteiger partial charge >= 0.3 is 5.97 Å². The second-order valence-corrected chi connectivity index (χ2v) is 7.65. The third kappa shape index (κ3) is 3.55. The largest absolute Gasteiger partial charge is 0.465 e. The van der Waals surface area contributed by atoms with E-state index in [2.05, 4.69) is 15.3 Å². The number of hydrogen-bond donors (Lipinski definition) is 0. The van der Waals surface area contributed by atoms with Crippen molar-refractivity contribution in [2.75, 3.05) is 6.61 Å². The molecular weight excluding hydrogens is 364 g/mol. The number of ether oxygens (including phenoxy) is 1. The minimum Gasteiger partial charge on any atom is -0.465 e. The van der Waals surface area contributed by atoms with Gasteiger partial charge in [-0.2, -0.15) is 0 Å². The molecule has 0 N–H and O–H groups in total. The van der Waals surface area contributed by atoms with Crippen molar-refractivity contribution in [1.82, 2.24) is 9.97 Å². The third-order valence-electron chi connectivity index (χ3n) is 3.40. The average Bonchev–Trinajstić information content (AvgIpc) is 3.01. The van der Waals surface area contributed by atoms with Gasteiger partial charge in [0.25, 0.3) is 0 Å². The Kier molecular flexibility index (Phi) is 5.38. The Bertz CT molecular complexity index is 865. The average molecular weight is 379 g/mol. The van der Waals surface area contributed by atoms with Crippen LogP contribution in [0.3, 0.4) is 0 Å². The van der Waals surface area contributed by atoms with Crippen LogP contribution in [0.15, 0.2) is 41.0 Å². The van der Waals surface area contributed by atoms with Crippen LogP contribution in [-0.4, -0.2) is 27.8 Å². The number of halogens is 1. The van der Waals surface area contributed by atoms with E-state index in [1.165, 1.54) is 18.1 Å². The molecule has 0 fully saturated rings. The number of carbonyl (C=O) groups is 1. The molecule has 7 heteroatoms. The molecule has 1 atom stereocenters. The normalized spacial score (nSPS) is 12.3. The summed E-state index contributed by atoms with van der Waals surface area (Å²) in [7, 11) is 0. The second kappa shape index (κ2) is 7.51. The first kappa shape index (κ1) is 17.2. The molecule has 0 bridgehead atoms. The van der Waals surface area contributed by atoms with Crippen LogP contribution in [0.2, 0.25) is 5.02 Å². The summed E-state index contributed by atoms with van der Waals surface area (Å²) in [5.74, 6) is -0.238. The molecule has 1 aromatic carbocycles. The van der Waals surface area contributed by atoms with Crippen LogP contribution >= 0.6 is 34.7 Å². The minimum absolute atomic E-state index is 0.238. The number of thiophene rings is 1. The summed E-state index contributed by atoms with van der Waals surface area (Å²) in [6.07, 6.45) is 1.53. The van der Waals surface area contributed by atoms with E-state index in [0.29, 0.717) is 11.6 Å².